The van der Waals surface area contributed by atoms with E-state index in [9.17, 15) is 14.4 Å². The molecule has 0 aromatic rings. The molecule has 0 aliphatic heterocycles. The van der Waals surface area contributed by atoms with Crippen LogP contribution in [0.15, 0.2) is 0 Å². The van der Waals surface area contributed by atoms with Crippen LogP contribution >= 0.6 is 12.0 Å². The van der Waals surface area contributed by atoms with Gasteiger partial charge in [0.2, 0.25) is 0 Å². The van der Waals surface area contributed by atoms with Gasteiger partial charge in [-0.15, -0.1) is 0 Å². The Kier molecular flexibility index (Phi) is 9.91. The van der Waals surface area contributed by atoms with E-state index < -0.39 is 11.4 Å². The minimum Gasteiger partial charge on any atom is -0.691 e. The van der Waals surface area contributed by atoms with Gasteiger partial charge in [-0.05, 0) is 6.42 Å². The quantitative estimate of drug-likeness (QED) is 0.280. The van der Waals surface area contributed by atoms with Crippen molar-refractivity contribution in [2.75, 3.05) is 6.54 Å². The highest BCUT2D eigenvalue weighted by atomic mass is 32.2. The van der Waals surface area contributed by atoms with Gasteiger partial charge in [-0.25, -0.2) is 4.39 Å². The Bertz CT molecular complexity index is 173. The van der Waals surface area contributed by atoms with Crippen molar-refractivity contribution < 1.29 is 23.8 Å². The maximum atomic E-state index is 12.8. The number of nitrogens with one attached hydrogen (secondary N) is 1. The number of rotatable bonds is 9. The highest BCUT2D eigenvalue weighted by molar-refractivity contribution is 7.95. The Balaban J connectivity index is 3.38. The van der Waals surface area contributed by atoms with Crippen LogP contribution < -0.4 is 10.6 Å². The summed E-state index contributed by atoms with van der Waals surface area (Å²) in [5.74, 6) is -0.812. The standard InChI is InChI=1S/C8H16FNO4S/c1-2-3-4-5-6-10-8(11)7(9)15-14-13-12/h7,12H,2-6H2,1H3,(H,10,11)/p-1. The van der Waals surface area contributed by atoms with Gasteiger partial charge in [-0.1, -0.05) is 26.2 Å². The van der Waals surface area contributed by atoms with Crippen molar-refractivity contribution in [3.63, 3.8) is 0 Å². The molecule has 1 atom stereocenters. The first-order valence-electron chi connectivity index (χ1n) is 4.76. The molecule has 1 N–H and O–H groups in total. The van der Waals surface area contributed by atoms with Gasteiger partial charge in [0.05, 0.1) is 12.0 Å². The van der Waals surface area contributed by atoms with Gasteiger partial charge < -0.3 is 10.6 Å². The summed E-state index contributed by atoms with van der Waals surface area (Å²) in [7, 11) is 0. The van der Waals surface area contributed by atoms with E-state index in [2.05, 4.69) is 21.6 Å². The number of amides is 1. The van der Waals surface area contributed by atoms with Gasteiger partial charge in [0.25, 0.3) is 11.4 Å². The first kappa shape index (κ1) is 14.6. The van der Waals surface area contributed by atoms with Gasteiger partial charge >= 0.3 is 0 Å². The van der Waals surface area contributed by atoms with Crippen molar-refractivity contribution in [2.24, 2.45) is 0 Å². The fraction of sp³-hybridized carbons (Fsp3) is 0.875. The predicted octanol–water partition coefficient (Wildman–Crippen LogP) is 0.850. The topological polar surface area (TPSA) is 70.6 Å². The first-order chi connectivity index (χ1) is 7.22. The molecule has 0 aliphatic rings. The summed E-state index contributed by atoms with van der Waals surface area (Å²) >= 11 is 0.0394. The number of unbranched alkanes of at least 4 members (excludes halogenated alkanes) is 3. The molecule has 0 saturated heterocycles. The summed E-state index contributed by atoms with van der Waals surface area (Å²) in [6, 6.07) is 0. The molecule has 15 heavy (non-hydrogen) atoms. The summed E-state index contributed by atoms with van der Waals surface area (Å²) in [5.41, 5.74) is -1.94. The molecule has 0 radical (unpaired) electrons. The number of hydrogen-bond acceptors (Lipinski definition) is 5. The second-order valence-corrected chi connectivity index (χ2v) is 3.64. The smallest absolute Gasteiger partial charge is 0.267 e. The molecule has 0 rings (SSSR count). The number of carbonyl (C=O) groups is 1. The molecule has 90 valence electrons. The molecule has 5 nitrogen and oxygen atoms in total. The number of alkyl halides is 1. The van der Waals surface area contributed by atoms with Gasteiger partial charge in [0, 0.05) is 6.54 Å². The van der Waals surface area contributed by atoms with Crippen molar-refractivity contribution in [3.8, 4) is 0 Å². The zero-order valence-electron chi connectivity index (χ0n) is 8.53. The van der Waals surface area contributed by atoms with Crippen LogP contribution in [0.25, 0.3) is 0 Å². The van der Waals surface area contributed by atoms with E-state index in [1.807, 2.05) is 0 Å². The molecular formula is C8H15FNO4S-. The Morgan fingerprint density at radius 3 is 2.87 bits per heavy atom. The second kappa shape index (κ2) is 10.2. The van der Waals surface area contributed by atoms with E-state index in [0.29, 0.717) is 6.54 Å². The molecule has 0 bridgehead atoms. The predicted molar refractivity (Wildman–Crippen MR) is 51.8 cm³/mol. The molecule has 1 unspecified atom stereocenters. The largest absolute Gasteiger partial charge is 0.691 e. The molecule has 0 aliphatic carbocycles. The maximum Gasteiger partial charge on any atom is 0.267 e. The molecule has 0 saturated carbocycles. The first-order valence-corrected chi connectivity index (χ1v) is 5.56. The molecule has 0 spiro atoms. The van der Waals surface area contributed by atoms with Crippen molar-refractivity contribution in [1.82, 2.24) is 5.32 Å². The average Bonchev–Trinajstić information content (AvgIpc) is 2.25. The van der Waals surface area contributed by atoms with Crippen molar-refractivity contribution >= 4 is 17.9 Å². The fourth-order valence-electron chi connectivity index (χ4n) is 0.938. The van der Waals surface area contributed by atoms with Crippen LogP contribution in [0.5, 0.6) is 0 Å². The Morgan fingerprint density at radius 2 is 2.27 bits per heavy atom. The lowest BCUT2D eigenvalue weighted by molar-refractivity contribution is -0.777. The number of hydrogen-bond donors (Lipinski definition) is 1. The molecule has 0 heterocycles. The van der Waals surface area contributed by atoms with Crippen LogP contribution in [0.4, 0.5) is 4.39 Å². The summed E-state index contributed by atoms with van der Waals surface area (Å²) in [5, 5.41) is 14.6. The number of halogens is 1. The van der Waals surface area contributed by atoms with Crippen LogP contribution in [0.2, 0.25) is 0 Å². The van der Waals surface area contributed by atoms with Gasteiger partial charge in [-0.2, -0.15) is 4.33 Å². The molecule has 0 aromatic heterocycles. The molecule has 0 aromatic carbocycles. The van der Waals surface area contributed by atoms with E-state index in [0.717, 1.165) is 25.7 Å². The highest BCUT2D eigenvalue weighted by Crippen LogP contribution is 2.13. The maximum absolute atomic E-state index is 12.8. The van der Waals surface area contributed by atoms with Crippen LogP contribution in [-0.4, -0.2) is 18.0 Å². The third-order valence-corrected chi connectivity index (χ3v) is 2.20. The van der Waals surface area contributed by atoms with E-state index in [1.54, 1.807) is 0 Å². The minimum atomic E-state index is -1.94. The summed E-state index contributed by atoms with van der Waals surface area (Å²) in [4.78, 5) is 10.9. The summed E-state index contributed by atoms with van der Waals surface area (Å²) < 4.78 is 16.5. The molecule has 0 fully saturated rings. The summed E-state index contributed by atoms with van der Waals surface area (Å²) in [6.07, 6.45) is 4.01. The van der Waals surface area contributed by atoms with E-state index in [-0.39, 0.29) is 12.0 Å². The third kappa shape index (κ3) is 8.61. The lowest BCUT2D eigenvalue weighted by atomic mass is 10.2. The van der Waals surface area contributed by atoms with Crippen LogP contribution in [-0.2, 0) is 14.2 Å². The number of carbonyl (C=O) groups excluding carboxylic acids is 1. The van der Waals surface area contributed by atoms with Crippen LogP contribution in [0.1, 0.15) is 32.6 Å². The molecule has 1 amide bonds. The van der Waals surface area contributed by atoms with E-state index in [4.69, 9.17) is 0 Å². The Morgan fingerprint density at radius 1 is 1.53 bits per heavy atom. The van der Waals surface area contributed by atoms with Crippen molar-refractivity contribution in [1.29, 1.82) is 0 Å². The van der Waals surface area contributed by atoms with Gasteiger partial charge in [0.1, 0.15) is 0 Å². The SMILES string of the molecule is CCCCCCNC(=O)C(F)SOO[O-]. The Hall–Kier alpha value is -0.370. The van der Waals surface area contributed by atoms with Gasteiger partial charge in [-0.3, -0.25) is 9.83 Å². The lowest BCUT2D eigenvalue weighted by Gasteiger charge is -2.09. The molecule has 7 heteroatoms. The Labute approximate surface area is 92.4 Å². The van der Waals surface area contributed by atoms with Crippen molar-refractivity contribution in [2.45, 2.75) is 38.1 Å². The van der Waals surface area contributed by atoms with E-state index in [1.165, 1.54) is 0 Å². The zero-order chi connectivity index (χ0) is 11.5. The van der Waals surface area contributed by atoms with E-state index >= 15 is 0 Å². The lowest BCUT2D eigenvalue weighted by Crippen LogP contribution is -2.31. The molecular weight excluding hydrogens is 225 g/mol. The zero-order valence-corrected chi connectivity index (χ0v) is 9.35. The fourth-order valence-corrected chi connectivity index (χ4v) is 1.21. The second-order valence-electron chi connectivity index (χ2n) is 2.90. The normalized spacial score (nSPS) is 12.5. The van der Waals surface area contributed by atoms with Crippen molar-refractivity contribution in [3.05, 3.63) is 0 Å². The van der Waals surface area contributed by atoms with Crippen LogP contribution in [0.3, 0.4) is 0 Å². The van der Waals surface area contributed by atoms with Crippen LogP contribution in [0, 0.1) is 0 Å². The van der Waals surface area contributed by atoms with Gasteiger partial charge in [0.15, 0.2) is 0 Å². The minimum absolute atomic E-state index is 0.0394. The monoisotopic (exact) mass is 240 g/mol. The average molecular weight is 240 g/mol. The highest BCUT2D eigenvalue weighted by Gasteiger charge is 2.18. The summed E-state index contributed by atoms with van der Waals surface area (Å²) in [6.45, 7) is 2.51. The third-order valence-electron chi connectivity index (χ3n) is 1.69.